The summed E-state index contributed by atoms with van der Waals surface area (Å²) < 4.78 is 0. The minimum absolute atomic E-state index is 0.550. The SMILES string of the molecule is CCCCC1CCC(C(CC(C)CCC)NN)CC1. The molecule has 0 aliphatic heterocycles. The largest absolute Gasteiger partial charge is 0.271 e. The molecule has 2 heteroatoms. The molecular formula is C17H36N2. The number of nitrogens with two attached hydrogens (primary N) is 1. The maximum absolute atomic E-state index is 5.81. The molecule has 0 aromatic rings. The Kier molecular flexibility index (Phi) is 8.72. The molecule has 0 spiro atoms. The lowest BCUT2D eigenvalue weighted by Gasteiger charge is -2.34. The second-order valence-electron chi connectivity index (χ2n) is 6.83. The van der Waals surface area contributed by atoms with E-state index in [0.29, 0.717) is 6.04 Å². The van der Waals surface area contributed by atoms with Gasteiger partial charge in [-0.3, -0.25) is 11.3 Å². The van der Waals surface area contributed by atoms with Gasteiger partial charge in [0.15, 0.2) is 0 Å². The van der Waals surface area contributed by atoms with Crippen molar-refractivity contribution >= 4 is 0 Å². The lowest BCUT2D eigenvalue weighted by molar-refractivity contribution is 0.193. The summed E-state index contributed by atoms with van der Waals surface area (Å²) in [5.41, 5.74) is 3.12. The van der Waals surface area contributed by atoms with Crippen LogP contribution in [0, 0.1) is 17.8 Å². The van der Waals surface area contributed by atoms with Crippen LogP contribution in [0.15, 0.2) is 0 Å². The Labute approximate surface area is 120 Å². The highest BCUT2D eigenvalue weighted by molar-refractivity contribution is 4.82. The average Bonchev–Trinajstić information content (AvgIpc) is 2.43. The van der Waals surface area contributed by atoms with E-state index in [1.54, 1.807) is 0 Å². The molecule has 2 unspecified atom stereocenters. The van der Waals surface area contributed by atoms with Crippen LogP contribution in [-0.4, -0.2) is 6.04 Å². The zero-order valence-corrected chi connectivity index (χ0v) is 13.5. The predicted molar refractivity (Wildman–Crippen MR) is 84.8 cm³/mol. The fraction of sp³-hybridized carbons (Fsp3) is 1.00. The van der Waals surface area contributed by atoms with E-state index in [-0.39, 0.29) is 0 Å². The Morgan fingerprint density at radius 3 is 2.32 bits per heavy atom. The van der Waals surface area contributed by atoms with Crippen molar-refractivity contribution in [1.29, 1.82) is 0 Å². The van der Waals surface area contributed by atoms with Crippen molar-refractivity contribution < 1.29 is 0 Å². The van der Waals surface area contributed by atoms with Gasteiger partial charge in [-0.05, 0) is 37.0 Å². The van der Waals surface area contributed by atoms with Gasteiger partial charge in [0.05, 0.1) is 0 Å². The van der Waals surface area contributed by atoms with Crippen LogP contribution in [0.1, 0.15) is 85.0 Å². The van der Waals surface area contributed by atoms with Crippen molar-refractivity contribution in [3.05, 3.63) is 0 Å². The Hall–Kier alpha value is -0.0800. The molecule has 0 aromatic heterocycles. The van der Waals surface area contributed by atoms with Crippen molar-refractivity contribution in [2.75, 3.05) is 0 Å². The molecule has 3 N–H and O–H groups in total. The van der Waals surface area contributed by atoms with Gasteiger partial charge in [-0.15, -0.1) is 0 Å². The monoisotopic (exact) mass is 268 g/mol. The van der Waals surface area contributed by atoms with E-state index in [4.69, 9.17) is 5.84 Å². The third kappa shape index (κ3) is 6.27. The number of nitrogens with one attached hydrogen (secondary N) is 1. The second kappa shape index (κ2) is 9.77. The molecule has 1 saturated carbocycles. The first kappa shape index (κ1) is 17.0. The zero-order chi connectivity index (χ0) is 14.1. The van der Waals surface area contributed by atoms with E-state index in [0.717, 1.165) is 17.8 Å². The van der Waals surface area contributed by atoms with Crippen molar-refractivity contribution in [3.63, 3.8) is 0 Å². The number of hydrogen-bond acceptors (Lipinski definition) is 2. The Morgan fingerprint density at radius 1 is 1.11 bits per heavy atom. The smallest absolute Gasteiger partial charge is 0.0241 e. The maximum atomic E-state index is 5.81. The topological polar surface area (TPSA) is 38.0 Å². The quantitative estimate of drug-likeness (QED) is 0.472. The zero-order valence-electron chi connectivity index (χ0n) is 13.5. The molecular weight excluding hydrogens is 232 g/mol. The molecule has 1 aliphatic rings. The normalized spacial score (nSPS) is 27.2. The molecule has 1 fully saturated rings. The Morgan fingerprint density at radius 2 is 1.79 bits per heavy atom. The highest BCUT2D eigenvalue weighted by Crippen LogP contribution is 2.35. The Balaban J connectivity index is 2.30. The molecule has 2 nitrogen and oxygen atoms in total. The second-order valence-corrected chi connectivity index (χ2v) is 6.83. The van der Waals surface area contributed by atoms with Gasteiger partial charge in [0.2, 0.25) is 0 Å². The third-order valence-corrected chi connectivity index (χ3v) is 5.08. The van der Waals surface area contributed by atoms with Crippen LogP contribution in [0.5, 0.6) is 0 Å². The molecule has 0 aromatic carbocycles. The summed E-state index contributed by atoms with van der Waals surface area (Å²) in [7, 11) is 0. The average molecular weight is 268 g/mol. The Bertz CT molecular complexity index is 209. The maximum Gasteiger partial charge on any atom is 0.0241 e. The van der Waals surface area contributed by atoms with Crippen molar-refractivity contribution in [2.24, 2.45) is 23.6 Å². The summed E-state index contributed by atoms with van der Waals surface area (Å²) in [5, 5.41) is 0. The van der Waals surface area contributed by atoms with E-state index >= 15 is 0 Å². The van der Waals surface area contributed by atoms with Crippen LogP contribution in [-0.2, 0) is 0 Å². The molecule has 0 saturated heterocycles. The standard InChI is InChI=1S/C17H36N2/c1-4-6-8-15-9-11-16(12-10-15)17(19-18)13-14(3)7-5-2/h14-17,19H,4-13,18H2,1-3H3. The summed E-state index contributed by atoms with van der Waals surface area (Å²) in [6, 6.07) is 0.550. The van der Waals surface area contributed by atoms with E-state index in [1.807, 2.05) is 0 Å². The van der Waals surface area contributed by atoms with Gasteiger partial charge in [0.1, 0.15) is 0 Å². The summed E-state index contributed by atoms with van der Waals surface area (Å²) in [6.45, 7) is 6.95. The molecule has 19 heavy (non-hydrogen) atoms. The van der Waals surface area contributed by atoms with E-state index in [2.05, 4.69) is 26.2 Å². The number of unbranched alkanes of at least 4 members (excludes halogenated alkanes) is 1. The van der Waals surface area contributed by atoms with Crippen LogP contribution < -0.4 is 11.3 Å². The third-order valence-electron chi connectivity index (χ3n) is 5.08. The number of hydrazine groups is 1. The highest BCUT2D eigenvalue weighted by atomic mass is 15.2. The van der Waals surface area contributed by atoms with Crippen LogP contribution in [0.25, 0.3) is 0 Å². The van der Waals surface area contributed by atoms with Gasteiger partial charge in [-0.25, -0.2) is 0 Å². The van der Waals surface area contributed by atoms with E-state index in [9.17, 15) is 0 Å². The van der Waals surface area contributed by atoms with E-state index in [1.165, 1.54) is 64.2 Å². The highest BCUT2D eigenvalue weighted by Gasteiger charge is 2.27. The minimum Gasteiger partial charge on any atom is -0.271 e. The summed E-state index contributed by atoms with van der Waals surface area (Å²) in [5.74, 6) is 8.45. The van der Waals surface area contributed by atoms with Crippen molar-refractivity contribution in [2.45, 2.75) is 91.0 Å². The molecule has 114 valence electrons. The predicted octanol–water partition coefficient (Wildman–Crippen LogP) is 4.64. The first-order valence-electron chi connectivity index (χ1n) is 8.67. The fourth-order valence-electron chi connectivity index (χ4n) is 3.81. The molecule has 0 bridgehead atoms. The number of rotatable bonds is 9. The number of hydrogen-bond donors (Lipinski definition) is 2. The van der Waals surface area contributed by atoms with Gasteiger partial charge < -0.3 is 0 Å². The molecule has 0 amide bonds. The summed E-state index contributed by atoms with van der Waals surface area (Å²) in [6.07, 6.45) is 13.8. The van der Waals surface area contributed by atoms with Crippen LogP contribution in [0.3, 0.4) is 0 Å². The summed E-state index contributed by atoms with van der Waals surface area (Å²) in [4.78, 5) is 0. The molecule has 0 heterocycles. The van der Waals surface area contributed by atoms with Gasteiger partial charge in [-0.2, -0.15) is 0 Å². The van der Waals surface area contributed by atoms with Gasteiger partial charge in [-0.1, -0.05) is 65.7 Å². The van der Waals surface area contributed by atoms with Crippen LogP contribution in [0.4, 0.5) is 0 Å². The van der Waals surface area contributed by atoms with Crippen molar-refractivity contribution in [1.82, 2.24) is 5.43 Å². The molecule has 0 radical (unpaired) electrons. The van der Waals surface area contributed by atoms with Crippen molar-refractivity contribution in [3.8, 4) is 0 Å². The minimum atomic E-state index is 0.550. The lowest BCUT2D eigenvalue weighted by Crippen LogP contribution is -2.43. The van der Waals surface area contributed by atoms with Gasteiger partial charge >= 0.3 is 0 Å². The fourth-order valence-corrected chi connectivity index (χ4v) is 3.81. The van der Waals surface area contributed by atoms with Gasteiger partial charge in [0.25, 0.3) is 0 Å². The molecule has 1 rings (SSSR count). The van der Waals surface area contributed by atoms with Gasteiger partial charge in [0, 0.05) is 6.04 Å². The first-order chi connectivity index (χ1) is 9.21. The van der Waals surface area contributed by atoms with Crippen LogP contribution in [0.2, 0.25) is 0 Å². The van der Waals surface area contributed by atoms with E-state index < -0.39 is 0 Å². The lowest BCUT2D eigenvalue weighted by atomic mass is 9.75. The molecule has 1 aliphatic carbocycles. The first-order valence-corrected chi connectivity index (χ1v) is 8.67. The molecule has 2 atom stereocenters. The summed E-state index contributed by atoms with van der Waals surface area (Å²) >= 11 is 0. The van der Waals surface area contributed by atoms with Crippen LogP contribution >= 0.6 is 0 Å².